The number of alkyl halides is 1. The second-order valence-corrected chi connectivity index (χ2v) is 8.71. The van der Waals surface area contributed by atoms with E-state index in [-0.39, 0.29) is 10.3 Å². The zero-order chi connectivity index (χ0) is 14.5. The standard InChI is InChI=1S/C13H19Br2NO2S/c1-13(2,7-4-8-14)10-16-19(17,18)12-6-3-5-11(15)9-12/h3,5-6,9,16H,4,7-8,10H2,1-2H3. The molecule has 0 saturated heterocycles. The first kappa shape index (κ1) is 17.1. The molecule has 19 heavy (non-hydrogen) atoms. The highest BCUT2D eigenvalue weighted by Crippen LogP contribution is 2.23. The third-order valence-electron chi connectivity index (χ3n) is 2.83. The van der Waals surface area contributed by atoms with Gasteiger partial charge in [-0.25, -0.2) is 13.1 Å². The Balaban J connectivity index is 2.71. The molecular weight excluding hydrogens is 394 g/mol. The lowest BCUT2D eigenvalue weighted by atomic mass is 9.88. The maximum absolute atomic E-state index is 12.2. The van der Waals surface area contributed by atoms with E-state index in [1.807, 2.05) is 0 Å². The molecule has 1 rings (SSSR count). The predicted molar refractivity (Wildman–Crippen MR) is 86.1 cm³/mol. The Kier molecular flexibility index (Phi) is 6.50. The van der Waals surface area contributed by atoms with Crippen LogP contribution in [0.4, 0.5) is 0 Å². The third-order valence-corrected chi connectivity index (χ3v) is 5.29. The van der Waals surface area contributed by atoms with Crippen molar-refractivity contribution in [3.8, 4) is 0 Å². The van der Waals surface area contributed by atoms with Crippen molar-refractivity contribution in [3.05, 3.63) is 28.7 Å². The zero-order valence-electron chi connectivity index (χ0n) is 11.1. The van der Waals surface area contributed by atoms with E-state index < -0.39 is 10.0 Å². The summed E-state index contributed by atoms with van der Waals surface area (Å²) in [6, 6.07) is 6.72. The van der Waals surface area contributed by atoms with Gasteiger partial charge >= 0.3 is 0 Å². The molecule has 0 spiro atoms. The lowest BCUT2D eigenvalue weighted by Crippen LogP contribution is -2.34. The minimum Gasteiger partial charge on any atom is -0.211 e. The Hall–Kier alpha value is 0.0900. The largest absolute Gasteiger partial charge is 0.240 e. The second kappa shape index (κ2) is 7.20. The van der Waals surface area contributed by atoms with Crippen LogP contribution in [0, 0.1) is 5.41 Å². The van der Waals surface area contributed by atoms with Crippen LogP contribution < -0.4 is 4.72 Å². The van der Waals surface area contributed by atoms with E-state index >= 15 is 0 Å². The predicted octanol–water partition coefficient (Wildman–Crippen LogP) is 3.93. The molecule has 1 aromatic rings. The molecule has 0 amide bonds. The first-order chi connectivity index (χ1) is 8.77. The maximum atomic E-state index is 12.2. The number of hydrogen-bond acceptors (Lipinski definition) is 2. The molecule has 6 heteroatoms. The van der Waals surface area contributed by atoms with Crippen molar-refractivity contribution in [2.24, 2.45) is 5.41 Å². The Labute approximate surface area is 132 Å². The Bertz CT molecular complexity index is 515. The van der Waals surface area contributed by atoms with Gasteiger partial charge in [0.2, 0.25) is 10.0 Å². The fourth-order valence-electron chi connectivity index (χ4n) is 1.64. The van der Waals surface area contributed by atoms with Crippen molar-refractivity contribution in [2.75, 3.05) is 11.9 Å². The average molecular weight is 413 g/mol. The van der Waals surface area contributed by atoms with Crippen molar-refractivity contribution < 1.29 is 8.42 Å². The number of hydrogen-bond donors (Lipinski definition) is 1. The highest BCUT2D eigenvalue weighted by Gasteiger charge is 2.22. The smallest absolute Gasteiger partial charge is 0.211 e. The van der Waals surface area contributed by atoms with Gasteiger partial charge in [0.05, 0.1) is 4.90 Å². The van der Waals surface area contributed by atoms with Gasteiger partial charge in [-0.15, -0.1) is 0 Å². The molecule has 0 aliphatic carbocycles. The minimum atomic E-state index is -3.43. The monoisotopic (exact) mass is 411 g/mol. The molecule has 0 aliphatic heterocycles. The van der Waals surface area contributed by atoms with Gasteiger partial charge in [-0.1, -0.05) is 51.8 Å². The van der Waals surface area contributed by atoms with E-state index in [9.17, 15) is 8.42 Å². The molecule has 0 atom stereocenters. The molecule has 0 unspecified atom stereocenters. The summed E-state index contributed by atoms with van der Waals surface area (Å²) in [4.78, 5) is 0.290. The highest BCUT2D eigenvalue weighted by molar-refractivity contribution is 9.10. The van der Waals surface area contributed by atoms with Crippen LogP contribution in [0.2, 0.25) is 0 Å². The molecule has 0 aliphatic rings. The van der Waals surface area contributed by atoms with E-state index in [4.69, 9.17) is 0 Å². The van der Waals surface area contributed by atoms with E-state index in [0.717, 1.165) is 22.6 Å². The summed E-state index contributed by atoms with van der Waals surface area (Å²) < 4.78 is 27.8. The van der Waals surface area contributed by atoms with Crippen molar-refractivity contribution in [1.29, 1.82) is 0 Å². The van der Waals surface area contributed by atoms with Gasteiger partial charge in [-0.05, 0) is 36.5 Å². The van der Waals surface area contributed by atoms with Crippen LogP contribution in [0.5, 0.6) is 0 Å². The van der Waals surface area contributed by atoms with Crippen LogP contribution in [0.3, 0.4) is 0 Å². The molecule has 0 fully saturated rings. The molecule has 0 bridgehead atoms. The fraction of sp³-hybridized carbons (Fsp3) is 0.538. The van der Waals surface area contributed by atoms with E-state index in [0.29, 0.717) is 6.54 Å². The summed E-state index contributed by atoms with van der Waals surface area (Å²) in [7, 11) is -3.43. The van der Waals surface area contributed by atoms with Crippen LogP contribution in [0.25, 0.3) is 0 Å². The summed E-state index contributed by atoms with van der Waals surface area (Å²) in [6.45, 7) is 4.58. The normalized spacial score (nSPS) is 12.6. The van der Waals surface area contributed by atoms with Gasteiger partial charge < -0.3 is 0 Å². The number of benzene rings is 1. The summed E-state index contributed by atoms with van der Waals surface area (Å²) in [5, 5.41) is 0.939. The van der Waals surface area contributed by atoms with Crippen LogP contribution >= 0.6 is 31.9 Å². The SMILES string of the molecule is CC(C)(CCCBr)CNS(=O)(=O)c1cccc(Br)c1. The summed E-state index contributed by atoms with van der Waals surface area (Å²) in [6.07, 6.45) is 2.00. The number of rotatable bonds is 7. The van der Waals surface area contributed by atoms with Crippen LogP contribution in [0.1, 0.15) is 26.7 Å². The van der Waals surface area contributed by atoms with Crippen LogP contribution in [-0.4, -0.2) is 20.3 Å². The van der Waals surface area contributed by atoms with Gasteiger partial charge in [-0.3, -0.25) is 0 Å². The quantitative estimate of drug-likeness (QED) is 0.689. The van der Waals surface area contributed by atoms with Crippen LogP contribution in [-0.2, 0) is 10.0 Å². The second-order valence-electron chi connectivity index (χ2n) is 5.24. The minimum absolute atomic E-state index is 0.0488. The molecule has 3 nitrogen and oxygen atoms in total. The van der Waals surface area contributed by atoms with Gasteiger partial charge in [0.1, 0.15) is 0 Å². The molecule has 0 radical (unpaired) electrons. The van der Waals surface area contributed by atoms with E-state index in [1.165, 1.54) is 0 Å². The first-order valence-corrected chi connectivity index (χ1v) is 9.48. The van der Waals surface area contributed by atoms with E-state index in [1.54, 1.807) is 24.3 Å². The third kappa shape index (κ3) is 5.94. The Morgan fingerprint density at radius 2 is 2.00 bits per heavy atom. The van der Waals surface area contributed by atoms with Crippen molar-refractivity contribution >= 4 is 41.9 Å². The molecule has 108 valence electrons. The van der Waals surface area contributed by atoms with Crippen LogP contribution in [0.15, 0.2) is 33.6 Å². The molecule has 1 N–H and O–H groups in total. The maximum Gasteiger partial charge on any atom is 0.240 e. The van der Waals surface area contributed by atoms with Crippen molar-refractivity contribution in [2.45, 2.75) is 31.6 Å². The Morgan fingerprint density at radius 1 is 1.32 bits per heavy atom. The summed E-state index contributed by atoms with van der Waals surface area (Å²) >= 11 is 6.68. The Morgan fingerprint density at radius 3 is 2.58 bits per heavy atom. The molecule has 1 aromatic carbocycles. The fourth-order valence-corrected chi connectivity index (χ4v) is 3.76. The first-order valence-electron chi connectivity index (χ1n) is 6.08. The summed E-state index contributed by atoms with van der Waals surface area (Å²) in [5.41, 5.74) is -0.0488. The zero-order valence-corrected chi connectivity index (χ0v) is 15.1. The topological polar surface area (TPSA) is 46.2 Å². The molecular formula is C13H19Br2NO2S. The van der Waals surface area contributed by atoms with Gasteiger partial charge in [0.25, 0.3) is 0 Å². The summed E-state index contributed by atoms with van der Waals surface area (Å²) in [5.74, 6) is 0. The van der Waals surface area contributed by atoms with Gasteiger partial charge in [0, 0.05) is 16.3 Å². The van der Waals surface area contributed by atoms with E-state index in [2.05, 4.69) is 50.4 Å². The van der Waals surface area contributed by atoms with Crippen molar-refractivity contribution in [3.63, 3.8) is 0 Å². The lowest BCUT2D eigenvalue weighted by Gasteiger charge is -2.24. The highest BCUT2D eigenvalue weighted by atomic mass is 79.9. The van der Waals surface area contributed by atoms with Gasteiger partial charge in [0.15, 0.2) is 0 Å². The molecule has 0 saturated carbocycles. The van der Waals surface area contributed by atoms with Crippen molar-refractivity contribution in [1.82, 2.24) is 4.72 Å². The average Bonchev–Trinajstić information content (AvgIpc) is 2.34. The number of halogens is 2. The number of nitrogens with one attached hydrogen (secondary N) is 1. The van der Waals surface area contributed by atoms with Gasteiger partial charge in [-0.2, -0.15) is 0 Å². The lowest BCUT2D eigenvalue weighted by molar-refractivity contribution is 0.332. The molecule has 0 heterocycles. The number of sulfonamides is 1. The molecule has 0 aromatic heterocycles.